The van der Waals surface area contributed by atoms with Crippen LogP contribution < -0.4 is 0 Å². The maximum atomic E-state index is 2.31. The summed E-state index contributed by atoms with van der Waals surface area (Å²) in [6, 6.07) is 0. The van der Waals surface area contributed by atoms with Crippen LogP contribution in [0.25, 0.3) is 0 Å². The molecule has 0 aromatic carbocycles. The van der Waals surface area contributed by atoms with Gasteiger partial charge in [0, 0.05) is 22.0 Å². The van der Waals surface area contributed by atoms with Gasteiger partial charge in [0.1, 0.15) is 0 Å². The molecule has 1 rings (SSSR count). The van der Waals surface area contributed by atoms with Gasteiger partial charge in [-0.15, -0.1) is 0 Å². The van der Waals surface area contributed by atoms with E-state index in [0.29, 0.717) is 0 Å². The molecule has 0 aromatic rings. The number of hydrogen-bond donors (Lipinski definition) is 0. The molecule has 2 atom stereocenters. The quantitative estimate of drug-likeness (QED) is 0.210. The van der Waals surface area contributed by atoms with E-state index < -0.39 is 0 Å². The third-order valence-corrected chi connectivity index (χ3v) is 9.15. The Balaban J connectivity index is 1.83. The summed E-state index contributed by atoms with van der Waals surface area (Å²) < 4.78 is 0. The Bertz CT molecular complexity index is 243. The van der Waals surface area contributed by atoms with Gasteiger partial charge in [-0.05, 0) is 12.8 Å². The number of unbranched alkanes of at least 4 members (excludes halogenated alkanes) is 14. The zero-order valence-electron chi connectivity index (χ0n) is 18.1. The molecule has 0 bridgehead atoms. The number of rotatable bonds is 18. The first kappa shape index (κ1) is 24.7. The van der Waals surface area contributed by atoms with Gasteiger partial charge in [-0.25, -0.2) is 0 Å². The van der Waals surface area contributed by atoms with Crippen LogP contribution in [0, 0.1) is 0 Å². The maximum absolute atomic E-state index is 2.31. The van der Waals surface area contributed by atoms with E-state index in [2.05, 4.69) is 37.4 Å². The highest BCUT2D eigenvalue weighted by Crippen LogP contribution is 2.35. The molecule has 1 aliphatic heterocycles. The largest absolute Gasteiger partial charge is 0.157 e. The molecule has 0 nitrogen and oxygen atoms in total. The Kier molecular flexibility index (Phi) is 18.1. The van der Waals surface area contributed by atoms with Crippen LogP contribution in [0.5, 0.6) is 0 Å². The fraction of sp³-hybridized carbons (Fsp3) is 1.00. The van der Waals surface area contributed by atoms with Gasteiger partial charge >= 0.3 is 0 Å². The second-order valence-electron chi connectivity index (χ2n) is 8.44. The fourth-order valence-electron chi connectivity index (χ4n) is 3.93. The molecule has 0 N–H and O–H groups in total. The minimum absolute atomic E-state index is 0.968. The van der Waals surface area contributed by atoms with Crippen LogP contribution in [-0.2, 0) is 0 Å². The van der Waals surface area contributed by atoms with E-state index in [1.54, 1.807) is 0 Å². The molecule has 0 saturated carbocycles. The standard InChI is InChI=1S/C24H48S2/c1-3-5-7-9-11-13-15-17-19-23-21-26-24(22-25-23)20-18-16-14-12-10-8-6-4-2/h23-24H,3-22H2,1-2H3. The van der Waals surface area contributed by atoms with Crippen molar-refractivity contribution in [2.24, 2.45) is 0 Å². The average molecular weight is 401 g/mol. The van der Waals surface area contributed by atoms with Crippen molar-refractivity contribution in [2.45, 2.75) is 140 Å². The van der Waals surface area contributed by atoms with Gasteiger partial charge in [0.05, 0.1) is 0 Å². The molecule has 2 heteroatoms. The Labute approximate surface area is 174 Å². The van der Waals surface area contributed by atoms with E-state index in [-0.39, 0.29) is 0 Å². The van der Waals surface area contributed by atoms with E-state index in [9.17, 15) is 0 Å². The Morgan fingerprint density at radius 1 is 0.462 bits per heavy atom. The van der Waals surface area contributed by atoms with Crippen molar-refractivity contribution in [2.75, 3.05) is 11.5 Å². The van der Waals surface area contributed by atoms with Crippen LogP contribution in [-0.4, -0.2) is 22.0 Å². The van der Waals surface area contributed by atoms with Gasteiger partial charge in [0.15, 0.2) is 0 Å². The predicted octanol–water partition coefficient (Wildman–Crippen LogP) is 9.27. The summed E-state index contributed by atoms with van der Waals surface area (Å²) in [4.78, 5) is 0. The SMILES string of the molecule is CCCCCCCCCCC1CSC(CCCCCCCCCC)CS1. The van der Waals surface area contributed by atoms with Crippen LogP contribution in [0.4, 0.5) is 0 Å². The molecule has 2 unspecified atom stereocenters. The van der Waals surface area contributed by atoms with E-state index >= 15 is 0 Å². The van der Waals surface area contributed by atoms with Crippen molar-refractivity contribution in [3.8, 4) is 0 Å². The Hall–Kier alpha value is 0.700. The summed E-state index contributed by atoms with van der Waals surface area (Å²) >= 11 is 4.61. The first-order valence-corrected chi connectivity index (χ1v) is 14.2. The van der Waals surface area contributed by atoms with Crippen LogP contribution in [0.2, 0.25) is 0 Å². The lowest BCUT2D eigenvalue weighted by Gasteiger charge is -2.27. The van der Waals surface area contributed by atoms with E-state index in [4.69, 9.17) is 0 Å². The van der Waals surface area contributed by atoms with E-state index in [0.717, 1.165) is 10.5 Å². The van der Waals surface area contributed by atoms with Crippen molar-refractivity contribution in [3.05, 3.63) is 0 Å². The van der Waals surface area contributed by atoms with Crippen molar-refractivity contribution >= 4 is 23.5 Å². The lowest BCUT2D eigenvalue weighted by molar-refractivity contribution is 0.561. The highest BCUT2D eigenvalue weighted by molar-refractivity contribution is 8.07. The van der Waals surface area contributed by atoms with Gasteiger partial charge in [0.2, 0.25) is 0 Å². The smallest absolute Gasteiger partial charge is 0.0138 e. The molecule has 1 aliphatic rings. The van der Waals surface area contributed by atoms with Crippen molar-refractivity contribution in [1.29, 1.82) is 0 Å². The molecule has 0 radical (unpaired) electrons. The molecule has 1 heterocycles. The molecule has 26 heavy (non-hydrogen) atoms. The van der Waals surface area contributed by atoms with Crippen molar-refractivity contribution < 1.29 is 0 Å². The molecule has 0 aromatic heterocycles. The predicted molar refractivity (Wildman–Crippen MR) is 127 cm³/mol. The van der Waals surface area contributed by atoms with E-state index in [1.165, 1.54) is 127 Å². The fourth-order valence-corrected chi connectivity index (χ4v) is 7.14. The molecule has 1 saturated heterocycles. The topological polar surface area (TPSA) is 0 Å². The second kappa shape index (κ2) is 19.0. The molecule has 0 aliphatic carbocycles. The van der Waals surface area contributed by atoms with Crippen LogP contribution in [0.1, 0.15) is 129 Å². The normalized spacial score (nSPS) is 20.5. The molecule has 156 valence electrons. The Morgan fingerprint density at radius 3 is 1.08 bits per heavy atom. The van der Waals surface area contributed by atoms with Gasteiger partial charge in [-0.1, -0.05) is 117 Å². The summed E-state index contributed by atoms with van der Waals surface area (Å²) in [6.07, 6.45) is 26.3. The zero-order valence-corrected chi connectivity index (χ0v) is 19.7. The summed E-state index contributed by atoms with van der Waals surface area (Å²) in [7, 11) is 0. The van der Waals surface area contributed by atoms with Crippen molar-refractivity contribution in [3.63, 3.8) is 0 Å². The summed E-state index contributed by atoms with van der Waals surface area (Å²) in [5.74, 6) is 2.87. The molecule has 0 amide bonds. The molecular weight excluding hydrogens is 352 g/mol. The number of hydrogen-bond acceptors (Lipinski definition) is 2. The Morgan fingerprint density at radius 2 is 0.769 bits per heavy atom. The van der Waals surface area contributed by atoms with Crippen molar-refractivity contribution in [1.82, 2.24) is 0 Å². The highest BCUT2D eigenvalue weighted by atomic mass is 32.2. The molecular formula is C24H48S2. The first-order chi connectivity index (χ1) is 12.9. The van der Waals surface area contributed by atoms with Gasteiger partial charge in [0.25, 0.3) is 0 Å². The highest BCUT2D eigenvalue weighted by Gasteiger charge is 2.21. The first-order valence-electron chi connectivity index (χ1n) is 12.1. The second-order valence-corrected chi connectivity index (χ2v) is 11.1. The van der Waals surface area contributed by atoms with E-state index in [1.807, 2.05) is 0 Å². The van der Waals surface area contributed by atoms with Crippen LogP contribution in [0.3, 0.4) is 0 Å². The molecule has 0 spiro atoms. The summed E-state index contributed by atoms with van der Waals surface area (Å²) in [5, 5.41) is 1.94. The number of thioether (sulfide) groups is 2. The summed E-state index contributed by atoms with van der Waals surface area (Å²) in [5.41, 5.74) is 0. The van der Waals surface area contributed by atoms with Crippen LogP contribution in [0.15, 0.2) is 0 Å². The third kappa shape index (κ3) is 14.7. The van der Waals surface area contributed by atoms with Gasteiger partial charge < -0.3 is 0 Å². The average Bonchev–Trinajstić information content (AvgIpc) is 2.67. The maximum Gasteiger partial charge on any atom is 0.0138 e. The minimum atomic E-state index is 0.968. The monoisotopic (exact) mass is 400 g/mol. The van der Waals surface area contributed by atoms with Crippen LogP contribution >= 0.6 is 23.5 Å². The zero-order chi connectivity index (χ0) is 18.7. The lowest BCUT2D eigenvalue weighted by atomic mass is 10.1. The lowest BCUT2D eigenvalue weighted by Crippen LogP contribution is -2.21. The van der Waals surface area contributed by atoms with Gasteiger partial charge in [-0.2, -0.15) is 23.5 Å². The summed E-state index contributed by atoms with van der Waals surface area (Å²) in [6.45, 7) is 4.61. The third-order valence-electron chi connectivity index (χ3n) is 5.79. The van der Waals surface area contributed by atoms with Gasteiger partial charge in [-0.3, -0.25) is 0 Å². The molecule has 1 fully saturated rings. The minimum Gasteiger partial charge on any atom is -0.157 e.